The van der Waals surface area contributed by atoms with Crippen LogP contribution < -0.4 is 11.3 Å². The van der Waals surface area contributed by atoms with Gasteiger partial charge in [0.15, 0.2) is 0 Å². The van der Waals surface area contributed by atoms with Gasteiger partial charge in [-0.25, -0.2) is 0 Å². The van der Waals surface area contributed by atoms with Crippen molar-refractivity contribution in [3.63, 3.8) is 0 Å². The molecule has 0 bridgehead atoms. The molecule has 0 aliphatic rings. The Morgan fingerprint density at radius 1 is 1.21 bits per heavy atom. The van der Waals surface area contributed by atoms with Gasteiger partial charge in [-0.3, -0.25) is 4.79 Å². The van der Waals surface area contributed by atoms with Gasteiger partial charge in [0, 0.05) is 0 Å². The van der Waals surface area contributed by atoms with Crippen molar-refractivity contribution in [2.75, 3.05) is 5.73 Å². The van der Waals surface area contributed by atoms with Gasteiger partial charge in [-0.15, -0.1) is 0 Å². The van der Waals surface area contributed by atoms with E-state index in [0.717, 1.165) is 35.1 Å². The van der Waals surface area contributed by atoms with Crippen molar-refractivity contribution in [2.24, 2.45) is 0 Å². The van der Waals surface area contributed by atoms with Crippen LogP contribution in [0.4, 0.5) is 18.9 Å². The fraction of sp³-hybridized carbons (Fsp3) is 0.0909. The van der Waals surface area contributed by atoms with Crippen molar-refractivity contribution in [1.29, 1.82) is 0 Å². The van der Waals surface area contributed by atoms with Crippen LogP contribution in [0.1, 0.15) is 5.56 Å². The Balaban J connectivity index is 2.50. The van der Waals surface area contributed by atoms with E-state index in [1.807, 2.05) is 0 Å². The standard InChI is InChI=1S/C11H7ClF3N3O/c12-9-8(16)5-17-18(10(9)19)7-3-1-6(2-4-7)11(13,14)15/h1-5H,16H2. The van der Waals surface area contributed by atoms with E-state index in [9.17, 15) is 18.0 Å². The number of anilines is 1. The third kappa shape index (κ3) is 2.55. The van der Waals surface area contributed by atoms with Gasteiger partial charge in [0.25, 0.3) is 5.56 Å². The van der Waals surface area contributed by atoms with E-state index in [1.54, 1.807) is 0 Å². The molecule has 0 fully saturated rings. The molecule has 4 nitrogen and oxygen atoms in total. The first-order chi connectivity index (χ1) is 8.80. The van der Waals surface area contributed by atoms with Crippen molar-refractivity contribution in [3.05, 3.63) is 51.4 Å². The summed E-state index contributed by atoms with van der Waals surface area (Å²) in [5.41, 5.74) is 4.06. The summed E-state index contributed by atoms with van der Waals surface area (Å²) < 4.78 is 38.1. The number of rotatable bonds is 1. The van der Waals surface area contributed by atoms with Crippen LogP contribution in [0.3, 0.4) is 0 Å². The van der Waals surface area contributed by atoms with E-state index in [2.05, 4.69) is 5.10 Å². The lowest BCUT2D eigenvalue weighted by Gasteiger charge is -2.09. The van der Waals surface area contributed by atoms with Crippen LogP contribution >= 0.6 is 11.6 Å². The number of nitrogen functional groups attached to an aromatic ring is 1. The monoisotopic (exact) mass is 289 g/mol. The number of hydrogen-bond donors (Lipinski definition) is 1. The van der Waals surface area contributed by atoms with Gasteiger partial charge in [-0.05, 0) is 24.3 Å². The van der Waals surface area contributed by atoms with Crippen molar-refractivity contribution in [2.45, 2.75) is 6.18 Å². The molecule has 0 radical (unpaired) electrons. The molecule has 2 rings (SSSR count). The molecule has 1 aromatic carbocycles. The molecule has 2 aromatic rings. The van der Waals surface area contributed by atoms with Gasteiger partial charge in [0.1, 0.15) is 5.02 Å². The van der Waals surface area contributed by atoms with Crippen LogP contribution in [0.15, 0.2) is 35.3 Å². The van der Waals surface area contributed by atoms with Crippen LogP contribution in [0.2, 0.25) is 5.02 Å². The summed E-state index contributed by atoms with van der Waals surface area (Å²) in [4.78, 5) is 11.7. The molecule has 19 heavy (non-hydrogen) atoms. The average molecular weight is 290 g/mol. The number of nitrogens with zero attached hydrogens (tertiary/aromatic N) is 2. The Morgan fingerprint density at radius 3 is 2.32 bits per heavy atom. The van der Waals surface area contributed by atoms with E-state index in [-0.39, 0.29) is 16.4 Å². The first-order valence-corrected chi connectivity index (χ1v) is 5.39. The van der Waals surface area contributed by atoms with E-state index in [0.29, 0.717) is 0 Å². The molecule has 0 aliphatic carbocycles. The largest absolute Gasteiger partial charge is 0.416 e. The Kier molecular flexibility index (Phi) is 3.23. The molecule has 0 unspecified atom stereocenters. The lowest BCUT2D eigenvalue weighted by Crippen LogP contribution is -2.22. The highest BCUT2D eigenvalue weighted by atomic mass is 35.5. The van der Waals surface area contributed by atoms with Gasteiger partial charge in [-0.2, -0.15) is 23.0 Å². The number of benzene rings is 1. The summed E-state index contributed by atoms with van der Waals surface area (Å²) in [6, 6.07) is 3.97. The first-order valence-electron chi connectivity index (χ1n) is 5.01. The van der Waals surface area contributed by atoms with Crippen molar-refractivity contribution in [1.82, 2.24) is 9.78 Å². The predicted molar refractivity (Wildman–Crippen MR) is 64.3 cm³/mol. The zero-order valence-electron chi connectivity index (χ0n) is 9.28. The Hall–Kier alpha value is -2.02. The van der Waals surface area contributed by atoms with Gasteiger partial charge in [-0.1, -0.05) is 11.6 Å². The summed E-state index contributed by atoms with van der Waals surface area (Å²) in [6.45, 7) is 0. The highest BCUT2D eigenvalue weighted by Crippen LogP contribution is 2.29. The molecule has 0 saturated heterocycles. The maximum Gasteiger partial charge on any atom is 0.416 e. The quantitative estimate of drug-likeness (QED) is 0.877. The molecule has 0 saturated carbocycles. The molecule has 100 valence electrons. The maximum absolute atomic E-state index is 12.4. The lowest BCUT2D eigenvalue weighted by molar-refractivity contribution is -0.137. The van der Waals surface area contributed by atoms with E-state index < -0.39 is 17.3 Å². The second kappa shape index (κ2) is 4.58. The van der Waals surface area contributed by atoms with E-state index in [1.165, 1.54) is 0 Å². The Morgan fingerprint density at radius 2 is 1.79 bits per heavy atom. The Labute approximate surface area is 110 Å². The van der Waals surface area contributed by atoms with Gasteiger partial charge >= 0.3 is 6.18 Å². The van der Waals surface area contributed by atoms with Crippen molar-refractivity contribution in [3.8, 4) is 5.69 Å². The molecule has 8 heteroatoms. The summed E-state index contributed by atoms with van der Waals surface area (Å²) in [6.07, 6.45) is -3.28. The van der Waals surface area contributed by atoms with Crippen LogP contribution in [-0.4, -0.2) is 9.78 Å². The third-order valence-electron chi connectivity index (χ3n) is 2.39. The zero-order valence-corrected chi connectivity index (χ0v) is 10.0. The number of hydrogen-bond acceptors (Lipinski definition) is 3. The minimum Gasteiger partial charge on any atom is -0.396 e. The fourth-order valence-electron chi connectivity index (χ4n) is 1.42. The predicted octanol–water partition coefficient (Wildman–Crippen LogP) is 2.49. The van der Waals surface area contributed by atoms with Crippen LogP contribution in [0.25, 0.3) is 5.69 Å². The van der Waals surface area contributed by atoms with Crippen LogP contribution in [0.5, 0.6) is 0 Å². The number of aromatic nitrogens is 2. The SMILES string of the molecule is Nc1cnn(-c2ccc(C(F)(F)F)cc2)c(=O)c1Cl. The first kappa shape index (κ1) is 13.4. The fourth-order valence-corrected chi connectivity index (χ4v) is 1.55. The smallest absolute Gasteiger partial charge is 0.396 e. The summed E-state index contributed by atoms with van der Waals surface area (Å²) in [5, 5.41) is 3.49. The molecular formula is C11H7ClF3N3O. The highest BCUT2D eigenvalue weighted by molar-refractivity contribution is 6.32. The molecule has 0 spiro atoms. The molecular weight excluding hydrogens is 283 g/mol. The summed E-state index contributed by atoms with van der Waals surface area (Å²) >= 11 is 5.66. The van der Waals surface area contributed by atoms with Crippen molar-refractivity contribution < 1.29 is 13.2 Å². The second-order valence-corrected chi connectivity index (χ2v) is 4.05. The molecule has 1 aromatic heterocycles. The van der Waals surface area contributed by atoms with Gasteiger partial charge in [0.2, 0.25) is 0 Å². The molecule has 0 amide bonds. The van der Waals surface area contributed by atoms with E-state index in [4.69, 9.17) is 17.3 Å². The van der Waals surface area contributed by atoms with Crippen LogP contribution in [-0.2, 0) is 6.18 Å². The second-order valence-electron chi connectivity index (χ2n) is 3.68. The number of alkyl halides is 3. The topological polar surface area (TPSA) is 60.9 Å². The minimum atomic E-state index is -4.43. The van der Waals surface area contributed by atoms with Gasteiger partial charge < -0.3 is 5.73 Å². The lowest BCUT2D eigenvalue weighted by atomic mass is 10.2. The molecule has 0 aliphatic heterocycles. The van der Waals surface area contributed by atoms with E-state index >= 15 is 0 Å². The summed E-state index contributed by atoms with van der Waals surface area (Å²) in [5.74, 6) is 0. The van der Waals surface area contributed by atoms with Crippen LogP contribution in [0, 0.1) is 0 Å². The molecule has 2 N–H and O–H groups in total. The number of nitrogens with two attached hydrogens (primary N) is 1. The third-order valence-corrected chi connectivity index (χ3v) is 2.76. The normalized spacial score (nSPS) is 11.6. The van der Waals surface area contributed by atoms with Gasteiger partial charge in [0.05, 0.1) is 23.1 Å². The average Bonchev–Trinajstić information content (AvgIpc) is 2.35. The zero-order chi connectivity index (χ0) is 14.2. The minimum absolute atomic E-state index is 0.00910. The maximum atomic E-state index is 12.4. The summed E-state index contributed by atoms with van der Waals surface area (Å²) in [7, 11) is 0. The molecule has 0 atom stereocenters. The molecule has 1 heterocycles. The highest BCUT2D eigenvalue weighted by Gasteiger charge is 2.30. The Bertz CT molecular complexity index is 664. The van der Waals surface area contributed by atoms with Crippen molar-refractivity contribution >= 4 is 17.3 Å². The number of halogens is 4.